The fourth-order valence-corrected chi connectivity index (χ4v) is 2.61. The Labute approximate surface area is 109 Å². The standard InChI is InChI=1S/C14H23N3O/c1-16(13-5-3-4-6-13)9-10-17(2)14(18)12-7-8-15-11-12/h7-8,11,13,15H,3-6,9-10H2,1-2H3. The molecule has 4 nitrogen and oxygen atoms in total. The average Bonchev–Trinajstić information content (AvgIpc) is 3.05. The fourth-order valence-electron chi connectivity index (χ4n) is 2.61. The van der Waals surface area contributed by atoms with Crippen molar-refractivity contribution in [1.82, 2.24) is 14.8 Å². The monoisotopic (exact) mass is 249 g/mol. The van der Waals surface area contributed by atoms with Gasteiger partial charge in [0, 0.05) is 38.6 Å². The van der Waals surface area contributed by atoms with E-state index in [9.17, 15) is 4.79 Å². The Balaban J connectivity index is 1.77. The van der Waals surface area contributed by atoms with E-state index < -0.39 is 0 Å². The van der Waals surface area contributed by atoms with E-state index in [-0.39, 0.29) is 5.91 Å². The van der Waals surface area contributed by atoms with E-state index in [0.29, 0.717) is 0 Å². The highest BCUT2D eigenvalue weighted by atomic mass is 16.2. The average molecular weight is 249 g/mol. The van der Waals surface area contributed by atoms with Crippen molar-refractivity contribution in [2.24, 2.45) is 0 Å². The van der Waals surface area contributed by atoms with Crippen LogP contribution in [0.5, 0.6) is 0 Å². The van der Waals surface area contributed by atoms with Crippen LogP contribution in [0.3, 0.4) is 0 Å². The van der Waals surface area contributed by atoms with Gasteiger partial charge in [-0.1, -0.05) is 12.8 Å². The summed E-state index contributed by atoms with van der Waals surface area (Å²) in [5, 5.41) is 0. The zero-order valence-corrected chi connectivity index (χ0v) is 11.4. The van der Waals surface area contributed by atoms with Gasteiger partial charge in [0.05, 0.1) is 5.56 Å². The summed E-state index contributed by atoms with van der Waals surface area (Å²) in [6.45, 7) is 1.74. The molecule has 0 atom stereocenters. The molecule has 1 saturated carbocycles. The van der Waals surface area contributed by atoms with E-state index in [0.717, 1.165) is 24.7 Å². The van der Waals surface area contributed by atoms with Crippen molar-refractivity contribution in [3.05, 3.63) is 24.0 Å². The van der Waals surface area contributed by atoms with Crippen LogP contribution in [0.2, 0.25) is 0 Å². The zero-order chi connectivity index (χ0) is 13.0. The molecule has 1 aliphatic carbocycles. The molecule has 0 radical (unpaired) electrons. The molecule has 1 aromatic rings. The van der Waals surface area contributed by atoms with Crippen LogP contribution in [0.4, 0.5) is 0 Å². The lowest BCUT2D eigenvalue weighted by molar-refractivity contribution is 0.0775. The molecule has 1 amide bonds. The normalized spacial score (nSPS) is 16.4. The van der Waals surface area contributed by atoms with E-state index in [4.69, 9.17) is 0 Å². The zero-order valence-electron chi connectivity index (χ0n) is 11.4. The number of amides is 1. The number of rotatable bonds is 5. The number of aromatic nitrogens is 1. The van der Waals surface area contributed by atoms with E-state index in [1.54, 1.807) is 17.3 Å². The predicted octanol–water partition coefficient (Wildman–Crippen LogP) is 1.96. The van der Waals surface area contributed by atoms with Gasteiger partial charge in [-0.15, -0.1) is 0 Å². The summed E-state index contributed by atoms with van der Waals surface area (Å²) in [5.74, 6) is 0.0936. The van der Waals surface area contributed by atoms with Crippen LogP contribution in [-0.2, 0) is 0 Å². The molecule has 0 bridgehead atoms. The minimum absolute atomic E-state index is 0.0936. The van der Waals surface area contributed by atoms with Gasteiger partial charge in [-0.3, -0.25) is 4.79 Å². The third kappa shape index (κ3) is 3.13. The lowest BCUT2D eigenvalue weighted by atomic mass is 10.2. The maximum atomic E-state index is 12.0. The number of H-pyrrole nitrogens is 1. The molecule has 1 aromatic heterocycles. The van der Waals surface area contributed by atoms with Crippen LogP contribution < -0.4 is 0 Å². The maximum absolute atomic E-state index is 12.0. The van der Waals surface area contributed by atoms with Crippen LogP contribution >= 0.6 is 0 Å². The van der Waals surface area contributed by atoms with Crippen LogP contribution in [0.1, 0.15) is 36.0 Å². The van der Waals surface area contributed by atoms with Crippen LogP contribution in [0, 0.1) is 0 Å². The highest BCUT2D eigenvalue weighted by molar-refractivity contribution is 5.93. The molecule has 1 fully saturated rings. The van der Waals surface area contributed by atoms with Gasteiger partial charge in [0.1, 0.15) is 0 Å². The SMILES string of the molecule is CN(CCN(C)C1CCCC1)C(=O)c1cc[nH]c1. The Morgan fingerprint density at radius 2 is 2.06 bits per heavy atom. The minimum atomic E-state index is 0.0936. The van der Waals surface area contributed by atoms with Gasteiger partial charge in [-0.2, -0.15) is 0 Å². The highest BCUT2D eigenvalue weighted by Crippen LogP contribution is 2.22. The van der Waals surface area contributed by atoms with Crippen molar-refractivity contribution in [2.75, 3.05) is 27.2 Å². The Hall–Kier alpha value is -1.29. The quantitative estimate of drug-likeness (QED) is 0.866. The molecule has 0 saturated heterocycles. The first-order valence-electron chi connectivity index (χ1n) is 6.77. The molecular weight excluding hydrogens is 226 g/mol. The van der Waals surface area contributed by atoms with Crippen molar-refractivity contribution in [2.45, 2.75) is 31.7 Å². The summed E-state index contributed by atoms with van der Waals surface area (Å²) >= 11 is 0. The molecule has 1 heterocycles. The molecule has 0 spiro atoms. The summed E-state index contributed by atoms with van der Waals surface area (Å²) in [7, 11) is 4.04. The molecule has 1 N–H and O–H groups in total. The number of likely N-dealkylation sites (N-methyl/N-ethyl adjacent to an activating group) is 2. The van der Waals surface area contributed by atoms with E-state index in [2.05, 4.69) is 16.9 Å². The van der Waals surface area contributed by atoms with E-state index in [1.807, 2.05) is 13.1 Å². The van der Waals surface area contributed by atoms with Crippen LogP contribution in [0.15, 0.2) is 18.5 Å². The molecule has 1 aliphatic rings. The smallest absolute Gasteiger partial charge is 0.255 e. The van der Waals surface area contributed by atoms with Crippen molar-refractivity contribution in [1.29, 1.82) is 0 Å². The van der Waals surface area contributed by atoms with E-state index in [1.165, 1.54) is 25.7 Å². The number of nitrogens with one attached hydrogen (secondary N) is 1. The first-order valence-corrected chi connectivity index (χ1v) is 6.77. The Kier molecular flexibility index (Phi) is 4.42. The van der Waals surface area contributed by atoms with Crippen molar-refractivity contribution in [3.8, 4) is 0 Å². The number of carbonyl (C=O) groups excluding carboxylic acids is 1. The molecule has 100 valence electrons. The van der Waals surface area contributed by atoms with Gasteiger partial charge < -0.3 is 14.8 Å². The van der Waals surface area contributed by atoms with Crippen molar-refractivity contribution < 1.29 is 4.79 Å². The topological polar surface area (TPSA) is 39.3 Å². The Morgan fingerprint density at radius 1 is 1.33 bits per heavy atom. The van der Waals surface area contributed by atoms with Crippen LogP contribution in [-0.4, -0.2) is 53.9 Å². The highest BCUT2D eigenvalue weighted by Gasteiger charge is 2.20. The van der Waals surface area contributed by atoms with Gasteiger partial charge in [0.15, 0.2) is 0 Å². The molecule has 0 aromatic carbocycles. The second-order valence-electron chi connectivity index (χ2n) is 5.25. The van der Waals surface area contributed by atoms with Crippen molar-refractivity contribution in [3.63, 3.8) is 0 Å². The van der Waals surface area contributed by atoms with Gasteiger partial charge in [-0.25, -0.2) is 0 Å². The molecule has 0 aliphatic heterocycles. The third-order valence-corrected chi connectivity index (χ3v) is 3.93. The summed E-state index contributed by atoms with van der Waals surface area (Å²) in [5.41, 5.74) is 0.737. The number of hydrogen-bond donors (Lipinski definition) is 1. The summed E-state index contributed by atoms with van der Waals surface area (Å²) < 4.78 is 0. The Morgan fingerprint density at radius 3 is 2.67 bits per heavy atom. The Bertz CT molecular complexity index is 368. The third-order valence-electron chi connectivity index (χ3n) is 3.93. The number of aromatic amines is 1. The number of carbonyl (C=O) groups is 1. The summed E-state index contributed by atoms with van der Waals surface area (Å²) in [4.78, 5) is 19.1. The molecule has 18 heavy (non-hydrogen) atoms. The lowest BCUT2D eigenvalue weighted by Crippen LogP contribution is -2.38. The number of nitrogens with zero attached hydrogens (tertiary/aromatic N) is 2. The second-order valence-corrected chi connectivity index (χ2v) is 5.25. The summed E-state index contributed by atoms with van der Waals surface area (Å²) in [6, 6.07) is 2.54. The predicted molar refractivity (Wildman–Crippen MR) is 72.6 cm³/mol. The first kappa shape index (κ1) is 13.1. The molecular formula is C14H23N3O. The van der Waals surface area contributed by atoms with Gasteiger partial charge in [0.2, 0.25) is 0 Å². The van der Waals surface area contributed by atoms with Gasteiger partial charge in [0.25, 0.3) is 5.91 Å². The largest absolute Gasteiger partial charge is 0.367 e. The number of hydrogen-bond acceptors (Lipinski definition) is 2. The fraction of sp³-hybridized carbons (Fsp3) is 0.643. The molecule has 2 rings (SSSR count). The van der Waals surface area contributed by atoms with Crippen LogP contribution in [0.25, 0.3) is 0 Å². The van der Waals surface area contributed by atoms with Gasteiger partial charge >= 0.3 is 0 Å². The van der Waals surface area contributed by atoms with E-state index >= 15 is 0 Å². The minimum Gasteiger partial charge on any atom is -0.367 e. The van der Waals surface area contributed by atoms with Crippen molar-refractivity contribution >= 4 is 5.91 Å². The second kappa shape index (κ2) is 6.05. The van der Waals surface area contributed by atoms with Gasteiger partial charge in [-0.05, 0) is 26.0 Å². The first-order chi connectivity index (χ1) is 8.68. The lowest BCUT2D eigenvalue weighted by Gasteiger charge is -2.26. The molecule has 0 unspecified atom stereocenters. The molecule has 4 heteroatoms. The maximum Gasteiger partial charge on any atom is 0.255 e. The summed E-state index contributed by atoms with van der Waals surface area (Å²) in [6.07, 6.45) is 8.86.